The zero-order valence-electron chi connectivity index (χ0n) is 15.6. The van der Waals surface area contributed by atoms with Crippen molar-refractivity contribution in [2.45, 2.75) is 13.3 Å². The van der Waals surface area contributed by atoms with E-state index in [1.54, 1.807) is 12.1 Å². The molecule has 28 heavy (non-hydrogen) atoms. The molecule has 3 heteroatoms. The molecular weight excluding hydrogens is 462 g/mol. The third kappa shape index (κ3) is 3.86. The molecule has 0 fully saturated rings. The average Bonchev–Trinajstić information content (AvgIpc) is 3.24. The number of fused-ring (bicyclic) bond motifs is 3. The van der Waals surface area contributed by atoms with Crippen LogP contribution in [0.1, 0.15) is 23.6 Å². The SMILES string of the molecule is CC1C=C(c2ccccc2)C=[C]1[Zr+2][c]1cccc2c1Cc1ccccc1-2.[Cl-].[Cl-]. The standard InChI is InChI=1S/C13H9.C12H11.2ClH.Zr/c1-3-7-12-10(5-1)9-11-6-2-4-8-13(11)12;1-10-7-8-12(9-10)11-5-3-2-4-6-11;;;/h1-5,7-8H,9H2;2-6,8-10H,1H3;2*1H;/q;;;;+2/p-2. The fourth-order valence-corrected chi connectivity index (χ4v) is 7.55. The van der Waals surface area contributed by atoms with Gasteiger partial charge in [-0.3, -0.25) is 0 Å². The van der Waals surface area contributed by atoms with Crippen molar-refractivity contribution in [3.05, 3.63) is 105 Å². The summed E-state index contributed by atoms with van der Waals surface area (Å²) in [5, 5.41) is 0. The largest absolute Gasteiger partial charge is 1.00 e. The molecular formula is C25H20Cl2Zr. The molecule has 0 saturated heterocycles. The fourth-order valence-electron chi connectivity index (χ4n) is 4.10. The molecule has 0 aromatic heterocycles. The topological polar surface area (TPSA) is 0 Å². The number of benzene rings is 3. The van der Waals surface area contributed by atoms with E-state index in [0.29, 0.717) is 5.92 Å². The summed E-state index contributed by atoms with van der Waals surface area (Å²) in [5.74, 6) is 0.580. The molecule has 0 radical (unpaired) electrons. The van der Waals surface area contributed by atoms with Gasteiger partial charge < -0.3 is 24.8 Å². The second kappa shape index (κ2) is 8.95. The van der Waals surface area contributed by atoms with Crippen LogP contribution >= 0.6 is 0 Å². The zero-order chi connectivity index (χ0) is 17.5. The Kier molecular flexibility index (Phi) is 6.82. The zero-order valence-corrected chi connectivity index (χ0v) is 19.6. The Bertz CT molecular complexity index is 1050. The number of hydrogen-bond acceptors (Lipinski definition) is 0. The van der Waals surface area contributed by atoms with E-state index in [1.807, 2.05) is 0 Å². The molecule has 1 atom stereocenters. The molecule has 0 heterocycles. The van der Waals surface area contributed by atoms with Crippen LogP contribution in [0.5, 0.6) is 0 Å². The average molecular weight is 483 g/mol. The van der Waals surface area contributed by atoms with Crippen molar-refractivity contribution in [3.8, 4) is 11.1 Å². The van der Waals surface area contributed by atoms with Gasteiger partial charge in [0.1, 0.15) is 0 Å². The second-order valence-electron chi connectivity index (χ2n) is 7.17. The number of hydrogen-bond donors (Lipinski definition) is 0. The first-order chi connectivity index (χ1) is 12.8. The number of rotatable bonds is 3. The molecule has 2 aliphatic carbocycles. The molecule has 0 N–H and O–H groups in total. The van der Waals surface area contributed by atoms with E-state index in [4.69, 9.17) is 0 Å². The quantitative estimate of drug-likeness (QED) is 0.373. The van der Waals surface area contributed by atoms with Crippen LogP contribution in [0.25, 0.3) is 16.7 Å². The molecule has 0 aliphatic heterocycles. The van der Waals surface area contributed by atoms with Crippen LogP contribution in [0.3, 0.4) is 0 Å². The van der Waals surface area contributed by atoms with Crippen LogP contribution < -0.4 is 28.1 Å². The van der Waals surface area contributed by atoms with Gasteiger partial charge in [0.05, 0.1) is 0 Å². The van der Waals surface area contributed by atoms with E-state index < -0.39 is 23.2 Å². The van der Waals surface area contributed by atoms with Gasteiger partial charge in [-0.1, -0.05) is 0 Å². The van der Waals surface area contributed by atoms with Crippen molar-refractivity contribution in [2.75, 3.05) is 0 Å². The van der Waals surface area contributed by atoms with Gasteiger partial charge in [-0.05, 0) is 0 Å². The van der Waals surface area contributed by atoms with Crippen LogP contribution in [0, 0.1) is 5.92 Å². The first-order valence-electron chi connectivity index (χ1n) is 9.25. The molecule has 138 valence electrons. The van der Waals surface area contributed by atoms with Gasteiger partial charge in [-0.15, -0.1) is 0 Å². The van der Waals surface area contributed by atoms with Gasteiger partial charge in [0.2, 0.25) is 0 Å². The Balaban J connectivity index is 0.00000112. The van der Waals surface area contributed by atoms with Crippen molar-refractivity contribution in [1.82, 2.24) is 0 Å². The maximum atomic E-state index is 2.48. The van der Waals surface area contributed by atoms with Gasteiger partial charge in [-0.25, -0.2) is 0 Å². The summed E-state index contributed by atoms with van der Waals surface area (Å²) in [7, 11) is 0. The molecule has 0 amide bonds. The maximum absolute atomic E-state index is 2.48. The monoisotopic (exact) mass is 480 g/mol. The molecule has 5 rings (SSSR count). The summed E-state index contributed by atoms with van der Waals surface area (Å²) in [6.45, 7) is 2.36. The summed E-state index contributed by atoms with van der Waals surface area (Å²) in [6, 6.07) is 26.7. The van der Waals surface area contributed by atoms with Crippen molar-refractivity contribution in [1.29, 1.82) is 0 Å². The van der Waals surface area contributed by atoms with Crippen molar-refractivity contribution in [2.24, 2.45) is 5.92 Å². The van der Waals surface area contributed by atoms with Crippen LogP contribution in [0.4, 0.5) is 0 Å². The van der Waals surface area contributed by atoms with Gasteiger partial charge >= 0.3 is 167 Å². The predicted octanol–water partition coefficient (Wildman–Crippen LogP) is -0.409. The third-order valence-electron chi connectivity index (χ3n) is 5.47. The van der Waals surface area contributed by atoms with Crippen molar-refractivity contribution in [3.63, 3.8) is 0 Å². The van der Waals surface area contributed by atoms with Crippen LogP contribution in [0.2, 0.25) is 0 Å². The Morgan fingerprint density at radius 3 is 2.32 bits per heavy atom. The fraction of sp³-hybridized carbons (Fsp3) is 0.120. The van der Waals surface area contributed by atoms with E-state index in [-0.39, 0.29) is 24.8 Å². The normalized spacial score (nSPS) is 16.0. The minimum atomic E-state index is -0.781. The molecule has 0 nitrogen and oxygen atoms in total. The van der Waals surface area contributed by atoms with Crippen molar-refractivity contribution >= 4 is 8.84 Å². The molecule has 3 aromatic rings. The second-order valence-corrected chi connectivity index (χ2v) is 10.5. The van der Waals surface area contributed by atoms with E-state index in [9.17, 15) is 0 Å². The minimum Gasteiger partial charge on any atom is -1.00 e. The first kappa shape index (κ1) is 21.3. The van der Waals surface area contributed by atoms with Crippen molar-refractivity contribution < 1.29 is 48.0 Å². The van der Waals surface area contributed by atoms with Gasteiger partial charge in [0.15, 0.2) is 0 Å². The van der Waals surface area contributed by atoms with Crippen LogP contribution in [-0.4, -0.2) is 0 Å². The van der Waals surface area contributed by atoms with E-state index in [1.165, 1.54) is 27.8 Å². The Hall–Kier alpha value is -1.40. The van der Waals surface area contributed by atoms with E-state index in [0.717, 1.165) is 6.42 Å². The Morgan fingerprint density at radius 1 is 0.786 bits per heavy atom. The molecule has 2 aliphatic rings. The third-order valence-corrected chi connectivity index (χ3v) is 9.47. The smallest absolute Gasteiger partial charge is 1.00 e. The van der Waals surface area contributed by atoms with Gasteiger partial charge in [0.25, 0.3) is 0 Å². The van der Waals surface area contributed by atoms with E-state index >= 15 is 0 Å². The van der Waals surface area contributed by atoms with Crippen LogP contribution in [0.15, 0.2) is 88.2 Å². The number of allylic oxidation sites excluding steroid dienone is 4. The molecule has 3 aromatic carbocycles. The number of halogens is 2. The summed E-state index contributed by atoms with van der Waals surface area (Å²) >= 11 is -0.781. The summed E-state index contributed by atoms with van der Waals surface area (Å²) in [5.41, 5.74) is 8.76. The van der Waals surface area contributed by atoms with E-state index in [2.05, 4.69) is 91.9 Å². The first-order valence-corrected chi connectivity index (χ1v) is 11.7. The molecule has 0 spiro atoms. The van der Waals surface area contributed by atoms with Crippen LogP contribution in [-0.2, 0) is 29.7 Å². The molecule has 0 bridgehead atoms. The Labute approximate surface area is 191 Å². The maximum Gasteiger partial charge on any atom is -1.00 e. The van der Waals surface area contributed by atoms with Gasteiger partial charge in [-0.2, -0.15) is 0 Å². The minimum absolute atomic E-state index is 0. The predicted molar refractivity (Wildman–Crippen MR) is 106 cm³/mol. The summed E-state index contributed by atoms with van der Waals surface area (Å²) < 4.78 is 3.35. The van der Waals surface area contributed by atoms with Gasteiger partial charge in [0, 0.05) is 0 Å². The molecule has 1 unspecified atom stereocenters. The summed E-state index contributed by atoms with van der Waals surface area (Å²) in [4.78, 5) is 0. The molecule has 0 saturated carbocycles. The summed E-state index contributed by atoms with van der Waals surface area (Å²) in [6.07, 6.45) is 6.04. The Morgan fingerprint density at radius 2 is 1.50 bits per heavy atom.